The van der Waals surface area contributed by atoms with Crippen LogP contribution in [0.25, 0.3) is 0 Å². The Balaban J connectivity index is 0.000000281. The molecule has 0 aromatic heterocycles. The van der Waals surface area contributed by atoms with Crippen molar-refractivity contribution < 1.29 is 41.7 Å². The number of amides is 2. The summed E-state index contributed by atoms with van der Waals surface area (Å²) in [6.45, 7) is 8.29. The molecule has 52 heavy (non-hydrogen) atoms. The van der Waals surface area contributed by atoms with E-state index in [0.29, 0.717) is 30.2 Å². The molecule has 0 bridgehead atoms. The van der Waals surface area contributed by atoms with Gasteiger partial charge < -0.3 is 29.7 Å². The van der Waals surface area contributed by atoms with E-state index in [1.165, 1.54) is 23.8 Å². The Morgan fingerprint density at radius 3 is 2.21 bits per heavy atom. The Hall–Kier alpha value is -4.94. The van der Waals surface area contributed by atoms with Crippen molar-refractivity contribution in [3.8, 4) is 17.2 Å². The van der Waals surface area contributed by atoms with Crippen molar-refractivity contribution in [3.63, 3.8) is 0 Å². The van der Waals surface area contributed by atoms with Gasteiger partial charge in [-0.1, -0.05) is 49.4 Å². The lowest BCUT2D eigenvalue weighted by Crippen LogP contribution is -2.45. The summed E-state index contributed by atoms with van der Waals surface area (Å²) in [5.41, 5.74) is 0.202. The van der Waals surface area contributed by atoms with Gasteiger partial charge in [-0.15, -0.1) is 0 Å². The van der Waals surface area contributed by atoms with E-state index in [0.717, 1.165) is 18.7 Å². The first kappa shape index (κ1) is 39.8. The summed E-state index contributed by atoms with van der Waals surface area (Å²) < 4.78 is 63.5. The Morgan fingerprint density at radius 2 is 1.62 bits per heavy atom. The van der Waals surface area contributed by atoms with Gasteiger partial charge in [-0.3, -0.25) is 9.59 Å². The topological polar surface area (TPSA) is 91.3 Å². The van der Waals surface area contributed by atoms with Crippen molar-refractivity contribution in [2.75, 3.05) is 39.2 Å². The number of rotatable bonds is 9. The van der Waals surface area contributed by atoms with Crippen LogP contribution in [0.2, 0.25) is 0 Å². The van der Waals surface area contributed by atoms with Crippen LogP contribution in [0.15, 0.2) is 91.0 Å². The number of ether oxygens (including phenoxy) is 2. The van der Waals surface area contributed by atoms with Gasteiger partial charge in [-0.2, -0.15) is 13.2 Å². The Kier molecular flexibility index (Phi) is 13.1. The largest absolute Gasteiger partial charge is 0.490 e. The molecule has 0 radical (unpaired) electrons. The fourth-order valence-electron chi connectivity index (χ4n) is 5.46. The van der Waals surface area contributed by atoms with Gasteiger partial charge in [0.05, 0.1) is 41.5 Å². The number of alkyl halides is 3. The fraction of sp³-hybridized carbons (Fsp3) is 0.350. The molecule has 278 valence electrons. The molecule has 0 fully saturated rings. The number of nitrogens with zero attached hydrogens (tertiary/aromatic N) is 2. The molecule has 1 aliphatic rings. The third-order valence-corrected chi connectivity index (χ3v) is 8.56. The molecule has 5 rings (SSSR count). The van der Waals surface area contributed by atoms with Crippen molar-refractivity contribution in [2.45, 2.75) is 51.9 Å². The number of hydrogen-bond acceptors (Lipinski definition) is 6. The van der Waals surface area contributed by atoms with Crippen molar-refractivity contribution in [1.82, 2.24) is 9.80 Å². The number of hydrogen-bond donors (Lipinski definition) is 2. The molecule has 4 aromatic carbocycles. The zero-order valence-electron chi connectivity index (χ0n) is 30.1. The second-order valence-electron chi connectivity index (χ2n) is 13.7. The van der Waals surface area contributed by atoms with Gasteiger partial charge in [-0.25, -0.2) is 4.39 Å². The van der Waals surface area contributed by atoms with E-state index in [2.05, 4.69) is 10.2 Å². The monoisotopic (exact) mass is 723 g/mol. The summed E-state index contributed by atoms with van der Waals surface area (Å²) >= 11 is 0. The van der Waals surface area contributed by atoms with Crippen molar-refractivity contribution in [2.24, 2.45) is 5.92 Å². The molecule has 1 heterocycles. The molecule has 0 spiro atoms. The average Bonchev–Trinajstić information content (AvgIpc) is 3.10. The molecule has 12 heteroatoms. The standard InChI is InChI=1S/C25H29F3N2O4.C15H16FNO/c1-15-12-30(16(2)13-31)22(32)19-6-5-7-20(21(19)34-14-15)29-23(33)24(3,4)17-8-10-18(11-9-17)25(26,27)28;1-17(2)11-12-7-9-13(10-8-12)18-15-6-4-3-5-14(15)16/h5-11,15-16,31H,12-14H2,1-4H3,(H,29,33);3-10H,11H2,1-2H3/t15-,16+;/m1./s1. The van der Waals surface area contributed by atoms with Crippen LogP contribution in [0.4, 0.5) is 23.2 Å². The van der Waals surface area contributed by atoms with Gasteiger partial charge in [0.15, 0.2) is 17.3 Å². The van der Waals surface area contributed by atoms with Gasteiger partial charge in [0.2, 0.25) is 5.91 Å². The van der Waals surface area contributed by atoms with E-state index in [1.54, 1.807) is 62.1 Å². The summed E-state index contributed by atoms with van der Waals surface area (Å²) in [6, 6.07) is 23.0. The lowest BCUT2D eigenvalue weighted by Gasteiger charge is -2.34. The number of anilines is 1. The Labute approximate surface area is 302 Å². The minimum Gasteiger partial charge on any atom is -0.490 e. The molecule has 2 N–H and O–H groups in total. The first-order valence-corrected chi connectivity index (χ1v) is 16.8. The van der Waals surface area contributed by atoms with Gasteiger partial charge in [-0.05, 0) is 94.5 Å². The average molecular weight is 724 g/mol. The van der Waals surface area contributed by atoms with Crippen LogP contribution in [0.5, 0.6) is 17.2 Å². The number of fused-ring (bicyclic) bond motifs is 1. The van der Waals surface area contributed by atoms with Crippen molar-refractivity contribution in [1.29, 1.82) is 0 Å². The molecule has 2 atom stereocenters. The van der Waals surface area contributed by atoms with Crippen LogP contribution in [0, 0.1) is 11.7 Å². The molecular formula is C40H45F4N3O5. The minimum atomic E-state index is -4.46. The molecule has 0 saturated carbocycles. The number of nitrogens with one attached hydrogen (secondary N) is 1. The zero-order valence-corrected chi connectivity index (χ0v) is 30.1. The van der Waals surface area contributed by atoms with Gasteiger partial charge in [0.25, 0.3) is 5.91 Å². The number of carbonyl (C=O) groups is 2. The fourth-order valence-corrected chi connectivity index (χ4v) is 5.46. The highest BCUT2D eigenvalue weighted by molar-refractivity contribution is 6.04. The third-order valence-electron chi connectivity index (χ3n) is 8.56. The number of benzene rings is 4. The van der Waals surface area contributed by atoms with Crippen molar-refractivity contribution >= 4 is 17.5 Å². The second-order valence-corrected chi connectivity index (χ2v) is 13.7. The van der Waals surface area contributed by atoms with E-state index >= 15 is 0 Å². The van der Waals surface area contributed by atoms with E-state index in [-0.39, 0.29) is 41.3 Å². The maximum absolute atomic E-state index is 13.4. The van der Waals surface area contributed by atoms with Crippen LogP contribution < -0.4 is 14.8 Å². The SMILES string of the molecule is CN(C)Cc1ccc(Oc2ccccc2F)cc1.C[C@H]1COc2c(NC(=O)C(C)(C)c3ccc(C(F)(F)F)cc3)cccc2C(=O)N([C@@H](C)CO)C1. The first-order valence-electron chi connectivity index (χ1n) is 16.8. The normalized spacial score (nSPS) is 15.3. The predicted octanol–water partition coefficient (Wildman–Crippen LogP) is 8.15. The molecule has 0 saturated heterocycles. The van der Waals surface area contributed by atoms with Crippen LogP contribution in [0.1, 0.15) is 54.7 Å². The second kappa shape index (κ2) is 17.1. The van der Waals surface area contributed by atoms with E-state index < -0.39 is 29.1 Å². The number of halogens is 4. The van der Waals surface area contributed by atoms with Gasteiger partial charge >= 0.3 is 6.18 Å². The maximum atomic E-state index is 13.4. The summed E-state index contributed by atoms with van der Waals surface area (Å²) in [6.07, 6.45) is -4.46. The summed E-state index contributed by atoms with van der Waals surface area (Å²) in [5.74, 6) is -0.0341. The highest BCUT2D eigenvalue weighted by Crippen LogP contribution is 2.36. The molecule has 0 aliphatic carbocycles. The predicted molar refractivity (Wildman–Crippen MR) is 192 cm³/mol. The summed E-state index contributed by atoms with van der Waals surface area (Å²) in [4.78, 5) is 30.1. The number of aliphatic hydroxyl groups is 1. The Morgan fingerprint density at radius 1 is 0.981 bits per heavy atom. The van der Waals surface area contributed by atoms with Crippen LogP contribution in [0.3, 0.4) is 0 Å². The third kappa shape index (κ3) is 10.1. The molecule has 1 aliphatic heterocycles. The molecule has 8 nitrogen and oxygen atoms in total. The van der Waals surface area contributed by atoms with E-state index in [4.69, 9.17) is 9.47 Å². The number of carbonyl (C=O) groups excluding carboxylic acids is 2. The van der Waals surface area contributed by atoms with E-state index in [1.807, 2.05) is 45.3 Å². The molecule has 2 amide bonds. The van der Waals surface area contributed by atoms with E-state index in [9.17, 15) is 32.3 Å². The summed E-state index contributed by atoms with van der Waals surface area (Å²) in [7, 11) is 4.04. The van der Waals surface area contributed by atoms with Crippen LogP contribution in [-0.2, 0) is 22.9 Å². The molecule has 4 aromatic rings. The minimum absolute atomic E-state index is 0.0153. The van der Waals surface area contributed by atoms with Gasteiger partial charge in [0.1, 0.15) is 5.75 Å². The zero-order chi connectivity index (χ0) is 38.2. The van der Waals surface area contributed by atoms with Crippen LogP contribution >= 0.6 is 0 Å². The highest BCUT2D eigenvalue weighted by atomic mass is 19.4. The number of aliphatic hydroxyl groups excluding tert-OH is 1. The quantitative estimate of drug-likeness (QED) is 0.170. The van der Waals surface area contributed by atoms with Crippen molar-refractivity contribution in [3.05, 3.63) is 119 Å². The highest BCUT2D eigenvalue weighted by Gasteiger charge is 2.35. The molecule has 0 unspecified atom stereocenters. The number of para-hydroxylation sites is 2. The van der Waals surface area contributed by atoms with Gasteiger partial charge in [0, 0.05) is 19.0 Å². The first-order chi connectivity index (χ1) is 24.5. The lowest BCUT2D eigenvalue weighted by molar-refractivity contribution is -0.137. The summed E-state index contributed by atoms with van der Waals surface area (Å²) in [5, 5.41) is 12.4. The Bertz CT molecular complexity index is 1810. The van der Waals surface area contributed by atoms with Crippen LogP contribution in [-0.4, -0.2) is 66.6 Å². The maximum Gasteiger partial charge on any atom is 0.416 e. The molecular weight excluding hydrogens is 678 g/mol. The smallest absolute Gasteiger partial charge is 0.416 e. The lowest BCUT2D eigenvalue weighted by atomic mass is 9.83.